The number of nitrogens with two attached hydrogens (primary N) is 1. The maximum atomic E-state index is 12.1. The predicted octanol–water partition coefficient (Wildman–Crippen LogP) is 1.16. The van der Waals surface area contributed by atoms with Crippen LogP contribution in [0.25, 0.3) is 0 Å². The SMILES string of the molecule is CC(C)NC(N)=NCc1cccc(NC(=O)CCN2CCOCC2)c1. The van der Waals surface area contributed by atoms with Crippen molar-refractivity contribution >= 4 is 17.6 Å². The largest absolute Gasteiger partial charge is 0.379 e. The third-order valence-electron chi connectivity index (χ3n) is 3.84. The first-order valence-corrected chi connectivity index (χ1v) is 8.78. The van der Waals surface area contributed by atoms with Gasteiger partial charge in [0, 0.05) is 37.8 Å². The van der Waals surface area contributed by atoms with E-state index < -0.39 is 0 Å². The molecule has 1 heterocycles. The third-order valence-corrected chi connectivity index (χ3v) is 3.84. The lowest BCUT2D eigenvalue weighted by Gasteiger charge is -2.26. The van der Waals surface area contributed by atoms with Crippen LogP contribution in [-0.4, -0.2) is 55.7 Å². The minimum absolute atomic E-state index is 0.0214. The fourth-order valence-electron chi connectivity index (χ4n) is 2.57. The molecule has 0 aromatic heterocycles. The number of morpholine rings is 1. The first-order valence-electron chi connectivity index (χ1n) is 8.78. The second kappa shape index (κ2) is 10.0. The van der Waals surface area contributed by atoms with Crippen LogP contribution in [0.2, 0.25) is 0 Å². The molecule has 1 saturated heterocycles. The van der Waals surface area contributed by atoms with Gasteiger partial charge in [0.2, 0.25) is 5.91 Å². The third kappa shape index (κ3) is 7.53. The van der Waals surface area contributed by atoms with Gasteiger partial charge in [-0.1, -0.05) is 12.1 Å². The monoisotopic (exact) mass is 347 g/mol. The van der Waals surface area contributed by atoms with E-state index in [1.807, 2.05) is 38.1 Å². The van der Waals surface area contributed by atoms with Crippen molar-refractivity contribution in [1.29, 1.82) is 0 Å². The van der Waals surface area contributed by atoms with Crippen LogP contribution in [0.5, 0.6) is 0 Å². The number of ether oxygens (including phenoxy) is 1. The van der Waals surface area contributed by atoms with E-state index in [1.54, 1.807) is 0 Å². The number of hydrogen-bond acceptors (Lipinski definition) is 4. The molecule has 0 atom stereocenters. The second-order valence-corrected chi connectivity index (χ2v) is 6.45. The normalized spacial score (nSPS) is 16.0. The predicted molar refractivity (Wildman–Crippen MR) is 101 cm³/mol. The average molecular weight is 347 g/mol. The Balaban J connectivity index is 1.80. The Morgan fingerprint density at radius 2 is 2.12 bits per heavy atom. The molecule has 1 aliphatic rings. The van der Waals surface area contributed by atoms with E-state index in [2.05, 4.69) is 20.5 Å². The standard InChI is InChI=1S/C18H29N5O2/c1-14(2)21-18(19)20-13-15-4-3-5-16(12-15)22-17(24)6-7-23-8-10-25-11-9-23/h3-5,12,14H,6-11,13H2,1-2H3,(H,22,24)(H3,19,20,21). The van der Waals surface area contributed by atoms with Crippen LogP contribution in [0.15, 0.2) is 29.3 Å². The molecule has 0 aliphatic carbocycles. The van der Waals surface area contributed by atoms with Gasteiger partial charge < -0.3 is 21.1 Å². The number of amides is 1. The van der Waals surface area contributed by atoms with Gasteiger partial charge in [-0.05, 0) is 31.5 Å². The summed E-state index contributed by atoms with van der Waals surface area (Å²) in [4.78, 5) is 18.7. The van der Waals surface area contributed by atoms with Crippen LogP contribution in [0.3, 0.4) is 0 Å². The Bertz CT molecular complexity index is 583. The lowest BCUT2D eigenvalue weighted by atomic mass is 10.2. The number of nitrogens with zero attached hydrogens (tertiary/aromatic N) is 2. The summed E-state index contributed by atoms with van der Waals surface area (Å²) in [5.74, 6) is 0.447. The Morgan fingerprint density at radius 1 is 1.36 bits per heavy atom. The van der Waals surface area contributed by atoms with Crippen molar-refractivity contribution in [3.05, 3.63) is 29.8 Å². The summed E-state index contributed by atoms with van der Waals surface area (Å²) in [7, 11) is 0. The molecule has 7 heteroatoms. The summed E-state index contributed by atoms with van der Waals surface area (Å²) in [5.41, 5.74) is 7.59. The molecule has 0 unspecified atom stereocenters. The molecular weight excluding hydrogens is 318 g/mol. The minimum atomic E-state index is 0.0214. The van der Waals surface area contributed by atoms with Crippen molar-refractivity contribution in [3.8, 4) is 0 Å². The van der Waals surface area contributed by atoms with Crippen LogP contribution in [0.1, 0.15) is 25.8 Å². The van der Waals surface area contributed by atoms with Crippen molar-refractivity contribution in [2.24, 2.45) is 10.7 Å². The average Bonchev–Trinajstić information content (AvgIpc) is 2.59. The highest BCUT2D eigenvalue weighted by Gasteiger charge is 2.12. The molecule has 138 valence electrons. The molecule has 1 amide bonds. The highest BCUT2D eigenvalue weighted by molar-refractivity contribution is 5.90. The molecule has 0 spiro atoms. The fourth-order valence-corrected chi connectivity index (χ4v) is 2.57. The van der Waals surface area contributed by atoms with Crippen LogP contribution in [0.4, 0.5) is 5.69 Å². The van der Waals surface area contributed by atoms with Gasteiger partial charge in [0.05, 0.1) is 19.8 Å². The molecule has 1 aromatic carbocycles. The number of guanidine groups is 1. The van der Waals surface area contributed by atoms with Crippen LogP contribution in [0, 0.1) is 0 Å². The Labute approximate surface area is 149 Å². The number of rotatable bonds is 7. The van der Waals surface area contributed by atoms with Gasteiger partial charge in [0.25, 0.3) is 0 Å². The molecule has 25 heavy (non-hydrogen) atoms. The van der Waals surface area contributed by atoms with E-state index in [4.69, 9.17) is 10.5 Å². The van der Waals surface area contributed by atoms with E-state index >= 15 is 0 Å². The molecule has 1 aromatic rings. The van der Waals surface area contributed by atoms with E-state index in [0.29, 0.717) is 18.9 Å². The van der Waals surface area contributed by atoms with Crippen molar-refractivity contribution < 1.29 is 9.53 Å². The summed E-state index contributed by atoms with van der Waals surface area (Å²) >= 11 is 0. The van der Waals surface area contributed by atoms with Crippen LogP contribution >= 0.6 is 0 Å². The number of hydrogen-bond donors (Lipinski definition) is 3. The molecular formula is C18H29N5O2. The first-order chi connectivity index (χ1) is 12.0. The Morgan fingerprint density at radius 3 is 2.84 bits per heavy atom. The van der Waals surface area contributed by atoms with E-state index in [1.165, 1.54) is 0 Å². The summed E-state index contributed by atoms with van der Waals surface area (Å²) in [6.07, 6.45) is 0.480. The Kier molecular flexibility index (Phi) is 7.69. The van der Waals surface area contributed by atoms with Gasteiger partial charge in [-0.15, -0.1) is 0 Å². The van der Waals surface area contributed by atoms with Gasteiger partial charge in [-0.25, -0.2) is 4.99 Å². The lowest BCUT2D eigenvalue weighted by Crippen LogP contribution is -2.38. The molecule has 7 nitrogen and oxygen atoms in total. The summed E-state index contributed by atoms with van der Waals surface area (Å²) < 4.78 is 5.31. The van der Waals surface area contributed by atoms with Gasteiger partial charge >= 0.3 is 0 Å². The van der Waals surface area contributed by atoms with Crippen molar-refractivity contribution in [3.63, 3.8) is 0 Å². The molecule has 0 bridgehead atoms. The van der Waals surface area contributed by atoms with Crippen molar-refractivity contribution in [2.75, 3.05) is 38.2 Å². The number of aliphatic imine (C=N–C) groups is 1. The molecule has 4 N–H and O–H groups in total. The molecule has 0 saturated carbocycles. The molecule has 1 aliphatic heterocycles. The van der Waals surface area contributed by atoms with E-state index in [0.717, 1.165) is 44.1 Å². The molecule has 0 radical (unpaired) electrons. The van der Waals surface area contributed by atoms with E-state index in [9.17, 15) is 4.79 Å². The number of benzene rings is 1. The van der Waals surface area contributed by atoms with Crippen molar-refractivity contribution in [2.45, 2.75) is 32.9 Å². The van der Waals surface area contributed by atoms with Gasteiger partial charge in [-0.2, -0.15) is 0 Å². The first kappa shape index (κ1) is 19.2. The maximum absolute atomic E-state index is 12.1. The number of anilines is 1. The zero-order valence-corrected chi connectivity index (χ0v) is 15.1. The fraction of sp³-hybridized carbons (Fsp3) is 0.556. The topological polar surface area (TPSA) is 92.0 Å². The van der Waals surface area contributed by atoms with Gasteiger partial charge in [-0.3, -0.25) is 9.69 Å². The smallest absolute Gasteiger partial charge is 0.225 e. The van der Waals surface area contributed by atoms with Crippen molar-refractivity contribution in [1.82, 2.24) is 10.2 Å². The Hall–Kier alpha value is -2.12. The summed E-state index contributed by atoms with van der Waals surface area (Å²) in [6.45, 7) is 8.54. The number of nitrogens with one attached hydrogen (secondary N) is 2. The number of carbonyl (C=O) groups is 1. The molecule has 1 fully saturated rings. The lowest BCUT2D eigenvalue weighted by molar-refractivity contribution is -0.116. The van der Waals surface area contributed by atoms with Gasteiger partial charge in [0.1, 0.15) is 0 Å². The molecule has 2 rings (SSSR count). The van der Waals surface area contributed by atoms with Crippen LogP contribution in [-0.2, 0) is 16.1 Å². The highest BCUT2D eigenvalue weighted by atomic mass is 16.5. The quantitative estimate of drug-likeness (QED) is 0.508. The summed E-state index contributed by atoms with van der Waals surface area (Å²) in [6, 6.07) is 7.94. The second-order valence-electron chi connectivity index (χ2n) is 6.45. The van der Waals surface area contributed by atoms with E-state index in [-0.39, 0.29) is 11.9 Å². The number of carbonyl (C=O) groups excluding carboxylic acids is 1. The maximum Gasteiger partial charge on any atom is 0.225 e. The summed E-state index contributed by atoms with van der Waals surface area (Å²) in [5, 5.41) is 6.00. The van der Waals surface area contributed by atoms with Gasteiger partial charge in [0.15, 0.2) is 5.96 Å². The zero-order valence-electron chi connectivity index (χ0n) is 15.1. The highest BCUT2D eigenvalue weighted by Crippen LogP contribution is 2.12. The van der Waals surface area contributed by atoms with Crippen LogP contribution < -0.4 is 16.4 Å². The zero-order chi connectivity index (χ0) is 18.1. The minimum Gasteiger partial charge on any atom is -0.379 e.